The standard InChI is InChI=1S/C19H28N2O2/c1-15-13-21(12-11-20(15)14-19(22)23)18-10-6-5-9-17(18)16-7-3-2-4-8-16/h2-4,7-8,15,17-18H,5-6,9-14H2,1H3,(H,22,23)/t15?,17?,18-/m1/s1. The molecule has 1 aromatic rings. The third-order valence-electron chi connectivity index (χ3n) is 5.56. The van der Waals surface area contributed by atoms with Gasteiger partial charge in [-0.25, -0.2) is 0 Å². The lowest BCUT2D eigenvalue weighted by Crippen LogP contribution is -2.57. The van der Waals surface area contributed by atoms with Crippen LogP contribution in [-0.4, -0.2) is 59.1 Å². The van der Waals surface area contributed by atoms with Gasteiger partial charge in [-0.3, -0.25) is 14.6 Å². The van der Waals surface area contributed by atoms with Gasteiger partial charge in [0.25, 0.3) is 0 Å². The SMILES string of the molecule is CC1CN([C@@H]2CCCCC2c2ccccc2)CCN1CC(=O)O. The van der Waals surface area contributed by atoms with Gasteiger partial charge < -0.3 is 5.11 Å². The first-order valence-electron chi connectivity index (χ1n) is 8.90. The Morgan fingerprint density at radius 1 is 1.17 bits per heavy atom. The maximum atomic E-state index is 11.0. The van der Waals surface area contributed by atoms with Crippen LogP contribution >= 0.6 is 0 Å². The highest BCUT2D eigenvalue weighted by Gasteiger charge is 2.35. The Kier molecular flexibility index (Phi) is 5.34. The number of aliphatic carboxylic acids is 1. The summed E-state index contributed by atoms with van der Waals surface area (Å²) >= 11 is 0. The van der Waals surface area contributed by atoms with Gasteiger partial charge in [0.05, 0.1) is 6.54 Å². The van der Waals surface area contributed by atoms with Gasteiger partial charge in [0.2, 0.25) is 0 Å². The molecule has 1 heterocycles. The highest BCUT2D eigenvalue weighted by Crippen LogP contribution is 2.36. The van der Waals surface area contributed by atoms with E-state index in [1.54, 1.807) is 0 Å². The minimum absolute atomic E-state index is 0.168. The van der Waals surface area contributed by atoms with Crippen molar-refractivity contribution in [3.8, 4) is 0 Å². The van der Waals surface area contributed by atoms with Crippen LogP contribution in [0.1, 0.15) is 44.1 Å². The lowest BCUT2D eigenvalue weighted by molar-refractivity contribution is -0.139. The van der Waals surface area contributed by atoms with Crippen LogP contribution in [0.5, 0.6) is 0 Å². The number of piperazine rings is 1. The zero-order valence-electron chi connectivity index (χ0n) is 14.0. The van der Waals surface area contributed by atoms with Crippen LogP contribution in [-0.2, 0) is 4.79 Å². The second-order valence-electron chi connectivity index (χ2n) is 7.08. The van der Waals surface area contributed by atoms with Gasteiger partial charge in [-0.15, -0.1) is 0 Å². The molecule has 0 radical (unpaired) electrons. The molecule has 23 heavy (non-hydrogen) atoms. The van der Waals surface area contributed by atoms with Crippen LogP contribution in [0, 0.1) is 0 Å². The van der Waals surface area contributed by atoms with E-state index in [1.165, 1.54) is 31.2 Å². The number of rotatable bonds is 4. The topological polar surface area (TPSA) is 43.8 Å². The number of carbonyl (C=O) groups is 1. The summed E-state index contributed by atoms with van der Waals surface area (Å²) in [6, 6.07) is 11.9. The molecule has 1 N–H and O–H groups in total. The smallest absolute Gasteiger partial charge is 0.317 e. The Bertz CT molecular complexity index is 519. The Morgan fingerprint density at radius 3 is 2.61 bits per heavy atom. The minimum Gasteiger partial charge on any atom is -0.480 e. The molecule has 3 rings (SSSR count). The summed E-state index contributed by atoms with van der Waals surface area (Å²) < 4.78 is 0. The van der Waals surface area contributed by atoms with Crippen molar-refractivity contribution in [3.05, 3.63) is 35.9 Å². The molecule has 4 heteroatoms. The van der Waals surface area contributed by atoms with Gasteiger partial charge >= 0.3 is 5.97 Å². The molecule has 1 aromatic carbocycles. The summed E-state index contributed by atoms with van der Waals surface area (Å²) in [4.78, 5) is 15.7. The van der Waals surface area contributed by atoms with E-state index in [0.717, 1.165) is 19.6 Å². The summed E-state index contributed by atoms with van der Waals surface area (Å²) in [5.41, 5.74) is 1.47. The van der Waals surface area contributed by atoms with Gasteiger partial charge in [0, 0.05) is 31.7 Å². The lowest BCUT2D eigenvalue weighted by atomic mass is 9.79. The zero-order chi connectivity index (χ0) is 16.2. The first kappa shape index (κ1) is 16.5. The fraction of sp³-hybridized carbons (Fsp3) is 0.632. The molecular weight excluding hydrogens is 288 g/mol. The van der Waals surface area contributed by atoms with Crippen molar-refractivity contribution >= 4 is 5.97 Å². The maximum Gasteiger partial charge on any atom is 0.317 e. The fourth-order valence-corrected chi connectivity index (χ4v) is 4.37. The molecule has 2 fully saturated rings. The Hall–Kier alpha value is -1.39. The first-order chi connectivity index (χ1) is 11.1. The quantitative estimate of drug-likeness (QED) is 0.928. The molecular formula is C19H28N2O2. The normalized spacial score (nSPS) is 30.2. The van der Waals surface area contributed by atoms with Gasteiger partial charge in [-0.2, -0.15) is 0 Å². The van der Waals surface area contributed by atoms with Gasteiger partial charge in [-0.05, 0) is 31.2 Å². The highest BCUT2D eigenvalue weighted by molar-refractivity contribution is 5.69. The van der Waals surface area contributed by atoms with Gasteiger partial charge in [0.1, 0.15) is 0 Å². The Labute approximate surface area is 139 Å². The molecule has 1 aliphatic carbocycles. The van der Waals surface area contributed by atoms with Crippen molar-refractivity contribution in [1.82, 2.24) is 9.80 Å². The summed E-state index contributed by atoms with van der Waals surface area (Å²) in [6.45, 7) is 5.18. The highest BCUT2D eigenvalue weighted by atomic mass is 16.4. The molecule has 4 nitrogen and oxygen atoms in total. The lowest BCUT2D eigenvalue weighted by Gasteiger charge is -2.46. The number of nitrogens with zero attached hydrogens (tertiary/aromatic N) is 2. The van der Waals surface area contributed by atoms with Crippen LogP contribution in [0.3, 0.4) is 0 Å². The zero-order valence-corrected chi connectivity index (χ0v) is 14.0. The first-order valence-corrected chi connectivity index (χ1v) is 8.90. The van der Waals surface area contributed by atoms with E-state index < -0.39 is 5.97 Å². The monoisotopic (exact) mass is 316 g/mol. The van der Waals surface area contributed by atoms with Crippen molar-refractivity contribution in [1.29, 1.82) is 0 Å². The van der Waals surface area contributed by atoms with Crippen LogP contribution < -0.4 is 0 Å². The number of carboxylic acid groups (broad SMARTS) is 1. The predicted molar refractivity (Wildman–Crippen MR) is 91.7 cm³/mol. The molecule has 3 atom stereocenters. The fourth-order valence-electron chi connectivity index (χ4n) is 4.37. The largest absolute Gasteiger partial charge is 0.480 e. The second kappa shape index (κ2) is 7.45. The van der Waals surface area contributed by atoms with E-state index in [0.29, 0.717) is 18.0 Å². The average molecular weight is 316 g/mol. The molecule has 0 spiro atoms. The second-order valence-corrected chi connectivity index (χ2v) is 7.08. The summed E-state index contributed by atoms with van der Waals surface area (Å²) in [6.07, 6.45) is 5.19. The number of benzene rings is 1. The Morgan fingerprint density at radius 2 is 1.91 bits per heavy atom. The van der Waals surface area contributed by atoms with Crippen molar-refractivity contribution in [3.63, 3.8) is 0 Å². The van der Waals surface area contributed by atoms with Crippen LogP contribution in [0.15, 0.2) is 30.3 Å². The van der Waals surface area contributed by atoms with E-state index in [9.17, 15) is 4.79 Å². The van der Waals surface area contributed by atoms with E-state index in [2.05, 4.69) is 47.1 Å². The molecule has 1 aliphatic heterocycles. The molecule has 1 saturated carbocycles. The van der Waals surface area contributed by atoms with Crippen molar-refractivity contribution in [2.24, 2.45) is 0 Å². The maximum absolute atomic E-state index is 11.0. The van der Waals surface area contributed by atoms with E-state index in [1.807, 2.05) is 0 Å². The molecule has 126 valence electrons. The minimum atomic E-state index is -0.717. The average Bonchev–Trinajstić information content (AvgIpc) is 2.57. The van der Waals surface area contributed by atoms with Crippen LogP contribution in [0.4, 0.5) is 0 Å². The van der Waals surface area contributed by atoms with Crippen LogP contribution in [0.25, 0.3) is 0 Å². The number of hydrogen-bond acceptors (Lipinski definition) is 3. The van der Waals surface area contributed by atoms with Crippen molar-refractivity contribution in [2.45, 2.75) is 50.6 Å². The van der Waals surface area contributed by atoms with E-state index >= 15 is 0 Å². The van der Waals surface area contributed by atoms with E-state index in [4.69, 9.17) is 5.11 Å². The van der Waals surface area contributed by atoms with Crippen LogP contribution in [0.2, 0.25) is 0 Å². The summed E-state index contributed by atoms with van der Waals surface area (Å²) in [5.74, 6) is -0.0895. The third-order valence-corrected chi connectivity index (χ3v) is 5.56. The van der Waals surface area contributed by atoms with Gasteiger partial charge in [-0.1, -0.05) is 43.2 Å². The molecule has 0 bridgehead atoms. The predicted octanol–water partition coefficient (Wildman–Crippen LogP) is 2.80. The summed E-state index contributed by atoms with van der Waals surface area (Å²) in [7, 11) is 0. The molecule has 2 aliphatic rings. The molecule has 0 amide bonds. The molecule has 0 aromatic heterocycles. The number of hydrogen-bond donors (Lipinski definition) is 1. The molecule has 1 saturated heterocycles. The Balaban J connectivity index is 1.69. The van der Waals surface area contributed by atoms with Crippen molar-refractivity contribution in [2.75, 3.05) is 26.2 Å². The summed E-state index contributed by atoms with van der Waals surface area (Å²) in [5, 5.41) is 9.03. The van der Waals surface area contributed by atoms with Crippen molar-refractivity contribution < 1.29 is 9.90 Å². The number of carboxylic acids is 1. The molecule has 2 unspecified atom stereocenters. The van der Waals surface area contributed by atoms with Gasteiger partial charge in [0.15, 0.2) is 0 Å². The van der Waals surface area contributed by atoms with E-state index in [-0.39, 0.29) is 6.54 Å². The third kappa shape index (κ3) is 3.93.